The van der Waals surface area contributed by atoms with E-state index in [-0.39, 0.29) is 6.42 Å². The van der Waals surface area contributed by atoms with Gasteiger partial charge in [-0.2, -0.15) is 0 Å². The molecule has 0 amide bonds. The smallest absolute Gasteiger partial charge is 0.303 e. The first-order valence-corrected chi connectivity index (χ1v) is 8.35. The second-order valence-corrected chi connectivity index (χ2v) is 5.56. The van der Waals surface area contributed by atoms with Crippen LogP contribution in [0.1, 0.15) is 24.5 Å². The van der Waals surface area contributed by atoms with Crippen molar-refractivity contribution in [1.82, 2.24) is 0 Å². The maximum absolute atomic E-state index is 10.8. The Kier molecular flexibility index (Phi) is 7.14. The lowest BCUT2D eigenvalue weighted by Gasteiger charge is -2.13. The second kappa shape index (κ2) is 9.57. The van der Waals surface area contributed by atoms with Crippen molar-refractivity contribution < 1.29 is 24.1 Å². The number of aliphatic carboxylic acids is 1. The highest BCUT2D eigenvalue weighted by Crippen LogP contribution is 2.26. The summed E-state index contributed by atoms with van der Waals surface area (Å²) in [4.78, 5) is 10.8. The fraction of sp³-hybridized carbons (Fsp3) is 0.350. The summed E-state index contributed by atoms with van der Waals surface area (Å²) in [6, 6.07) is 13.4. The Balaban J connectivity index is 1.90. The lowest BCUT2D eigenvalue weighted by atomic mass is 10.1. The van der Waals surface area contributed by atoms with Crippen LogP contribution in [-0.4, -0.2) is 31.4 Å². The van der Waals surface area contributed by atoms with Crippen molar-refractivity contribution in [1.29, 1.82) is 0 Å². The first kappa shape index (κ1) is 18.6. The predicted molar refractivity (Wildman–Crippen MR) is 95.8 cm³/mol. The number of carboxylic acid groups (broad SMARTS) is 1. The maximum atomic E-state index is 10.8. The summed E-state index contributed by atoms with van der Waals surface area (Å²) < 4.78 is 16.7. The van der Waals surface area contributed by atoms with Crippen molar-refractivity contribution in [3.63, 3.8) is 0 Å². The third-order valence-electron chi connectivity index (χ3n) is 3.82. The van der Waals surface area contributed by atoms with Crippen LogP contribution in [0.5, 0.6) is 17.2 Å². The summed E-state index contributed by atoms with van der Waals surface area (Å²) >= 11 is 0. The first-order valence-electron chi connectivity index (χ1n) is 8.35. The van der Waals surface area contributed by atoms with Crippen LogP contribution in [0, 0.1) is 0 Å². The van der Waals surface area contributed by atoms with Crippen LogP contribution in [0.25, 0.3) is 0 Å². The van der Waals surface area contributed by atoms with Crippen LogP contribution in [0.4, 0.5) is 0 Å². The molecule has 0 aliphatic rings. The van der Waals surface area contributed by atoms with Gasteiger partial charge in [0.05, 0.1) is 7.11 Å². The van der Waals surface area contributed by atoms with Crippen molar-refractivity contribution in [3.8, 4) is 17.2 Å². The van der Waals surface area contributed by atoms with E-state index in [1.54, 1.807) is 19.2 Å². The summed E-state index contributed by atoms with van der Waals surface area (Å²) in [6.07, 6.45) is 1.47. The summed E-state index contributed by atoms with van der Waals surface area (Å²) in [5.41, 5.74) is 2.11. The lowest BCUT2D eigenvalue weighted by Crippen LogP contribution is -2.10. The molecule has 134 valence electrons. The minimum atomic E-state index is -0.833. The Morgan fingerprint density at radius 3 is 2.32 bits per heavy atom. The predicted octanol–water partition coefficient (Wildman–Crippen LogP) is 3.73. The number of methoxy groups -OCH3 is 1. The Morgan fingerprint density at radius 2 is 1.68 bits per heavy atom. The van der Waals surface area contributed by atoms with E-state index in [1.807, 2.05) is 30.3 Å². The van der Waals surface area contributed by atoms with E-state index in [4.69, 9.17) is 19.3 Å². The molecule has 0 atom stereocenters. The molecular weight excluding hydrogens is 320 g/mol. The van der Waals surface area contributed by atoms with Gasteiger partial charge in [0, 0.05) is 12.5 Å². The first-order chi connectivity index (χ1) is 12.1. The quantitative estimate of drug-likeness (QED) is 0.665. The van der Waals surface area contributed by atoms with Crippen LogP contribution in [0.15, 0.2) is 42.5 Å². The van der Waals surface area contributed by atoms with Crippen LogP contribution in [0.2, 0.25) is 0 Å². The topological polar surface area (TPSA) is 65.0 Å². The van der Waals surface area contributed by atoms with Gasteiger partial charge in [-0.15, -0.1) is 0 Å². The molecule has 0 unspecified atom stereocenters. The molecule has 2 aromatic rings. The van der Waals surface area contributed by atoms with Crippen LogP contribution in [0.3, 0.4) is 0 Å². The second-order valence-electron chi connectivity index (χ2n) is 5.56. The van der Waals surface area contributed by atoms with E-state index in [9.17, 15) is 4.79 Å². The van der Waals surface area contributed by atoms with Gasteiger partial charge < -0.3 is 19.3 Å². The van der Waals surface area contributed by atoms with E-state index in [2.05, 4.69) is 6.92 Å². The summed E-state index contributed by atoms with van der Waals surface area (Å²) in [6.45, 7) is 2.88. The highest BCUT2D eigenvalue weighted by atomic mass is 16.5. The zero-order chi connectivity index (χ0) is 18.1. The molecule has 0 saturated heterocycles. The molecule has 5 heteroatoms. The van der Waals surface area contributed by atoms with E-state index < -0.39 is 5.97 Å². The fourth-order valence-corrected chi connectivity index (χ4v) is 2.38. The molecule has 0 fully saturated rings. The van der Waals surface area contributed by atoms with Crippen molar-refractivity contribution in [2.24, 2.45) is 0 Å². The fourth-order valence-electron chi connectivity index (χ4n) is 2.38. The number of benzene rings is 2. The molecule has 0 aliphatic heterocycles. The van der Waals surface area contributed by atoms with Crippen molar-refractivity contribution >= 4 is 5.97 Å². The molecular formula is C20H24O5. The highest BCUT2D eigenvalue weighted by Gasteiger charge is 2.08. The minimum Gasteiger partial charge on any atom is -0.497 e. The number of carbonyl (C=O) groups is 1. The van der Waals surface area contributed by atoms with Crippen LogP contribution in [-0.2, 0) is 17.6 Å². The summed E-state index contributed by atoms with van der Waals surface area (Å²) in [7, 11) is 1.58. The Labute approximate surface area is 148 Å². The van der Waals surface area contributed by atoms with Gasteiger partial charge in [0.2, 0.25) is 0 Å². The monoisotopic (exact) mass is 344 g/mol. The number of hydrogen-bond acceptors (Lipinski definition) is 4. The SMILES string of the molecule is CCc1ccc(OCCOc2cc(OC)ccc2CCC(=O)O)cc1. The molecule has 25 heavy (non-hydrogen) atoms. The van der Waals surface area contributed by atoms with E-state index in [1.165, 1.54) is 5.56 Å². The Hall–Kier alpha value is -2.69. The molecule has 0 aliphatic carbocycles. The van der Waals surface area contributed by atoms with Crippen LogP contribution < -0.4 is 14.2 Å². The zero-order valence-electron chi connectivity index (χ0n) is 14.7. The van der Waals surface area contributed by atoms with Crippen molar-refractivity contribution in [2.45, 2.75) is 26.2 Å². The standard InChI is InChI=1S/C20H24O5/c1-3-15-4-8-17(9-5-15)24-12-13-25-19-14-18(23-2)10-6-16(19)7-11-20(21)22/h4-6,8-10,14H,3,7,11-13H2,1-2H3,(H,21,22). The molecule has 0 spiro atoms. The molecule has 5 nitrogen and oxygen atoms in total. The number of rotatable bonds is 10. The van der Waals surface area contributed by atoms with E-state index in [0.29, 0.717) is 31.1 Å². The van der Waals surface area contributed by atoms with Gasteiger partial charge in [0.25, 0.3) is 0 Å². The highest BCUT2D eigenvalue weighted by molar-refractivity contribution is 5.67. The Bertz CT molecular complexity index is 679. The van der Waals surface area contributed by atoms with Gasteiger partial charge in [-0.05, 0) is 42.2 Å². The molecule has 2 aromatic carbocycles. The number of hydrogen-bond donors (Lipinski definition) is 1. The third-order valence-corrected chi connectivity index (χ3v) is 3.82. The van der Waals surface area contributed by atoms with Gasteiger partial charge in [0.15, 0.2) is 0 Å². The number of aryl methyl sites for hydroxylation is 2. The molecule has 1 N–H and O–H groups in total. The molecule has 2 rings (SSSR count). The Morgan fingerprint density at radius 1 is 1.00 bits per heavy atom. The average molecular weight is 344 g/mol. The molecule has 0 radical (unpaired) electrons. The largest absolute Gasteiger partial charge is 0.497 e. The number of ether oxygens (including phenoxy) is 3. The van der Waals surface area contributed by atoms with Gasteiger partial charge in [-0.25, -0.2) is 0 Å². The molecule has 0 bridgehead atoms. The molecule has 0 aromatic heterocycles. The van der Waals surface area contributed by atoms with E-state index >= 15 is 0 Å². The van der Waals surface area contributed by atoms with Gasteiger partial charge in [-0.3, -0.25) is 4.79 Å². The lowest BCUT2D eigenvalue weighted by molar-refractivity contribution is -0.136. The van der Waals surface area contributed by atoms with Gasteiger partial charge in [0.1, 0.15) is 30.5 Å². The maximum Gasteiger partial charge on any atom is 0.303 e. The number of carboxylic acids is 1. The molecule has 0 heterocycles. The minimum absolute atomic E-state index is 0.0585. The van der Waals surface area contributed by atoms with E-state index in [0.717, 1.165) is 17.7 Å². The summed E-state index contributed by atoms with van der Waals surface area (Å²) in [5.74, 6) is 1.27. The van der Waals surface area contributed by atoms with Crippen molar-refractivity contribution in [3.05, 3.63) is 53.6 Å². The van der Waals surface area contributed by atoms with Crippen molar-refractivity contribution in [2.75, 3.05) is 20.3 Å². The molecule has 0 saturated carbocycles. The normalized spacial score (nSPS) is 10.3. The van der Waals surface area contributed by atoms with Gasteiger partial charge >= 0.3 is 5.97 Å². The summed E-state index contributed by atoms with van der Waals surface area (Å²) in [5, 5.41) is 8.86. The third kappa shape index (κ3) is 6.03. The van der Waals surface area contributed by atoms with Gasteiger partial charge in [-0.1, -0.05) is 25.1 Å². The average Bonchev–Trinajstić information content (AvgIpc) is 2.64. The zero-order valence-corrected chi connectivity index (χ0v) is 14.7. The van der Waals surface area contributed by atoms with Crippen LogP contribution >= 0.6 is 0 Å².